The number of hydrazine groups is 1. The topological polar surface area (TPSA) is 68.8 Å². The van der Waals surface area contributed by atoms with Gasteiger partial charge >= 0.3 is 0 Å². The average molecular weight is 280 g/mol. The Labute approximate surface area is 117 Å². The molecule has 0 amide bonds. The predicted octanol–water partition coefficient (Wildman–Crippen LogP) is 2.01. The molecule has 0 aliphatic rings. The van der Waals surface area contributed by atoms with Gasteiger partial charge < -0.3 is 0 Å². The van der Waals surface area contributed by atoms with Crippen LogP contribution in [0.4, 0.5) is 0 Å². The van der Waals surface area contributed by atoms with E-state index in [4.69, 9.17) is 17.4 Å². The van der Waals surface area contributed by atoms with Gasteiger partial charge in [-0.3, -0.25) is 20.9 Å². The maximum Gasteiger partial charge on any atom is 0.0847 e. The highest BCUT2D eigenvalue weighted by Crippen LogP contribution is 2.25. The van der Waals surface area contributed by atoms with E-state index in [1.165, 1.54) is 0 Å². The Kier molecular flexibility index (Phi) is 4.52. The molecule has 1 unspecified atom stereocenters. The second-order valence-corrected chi connectivity index (χ2v) is 4.75. The molecule has 19 heavy (non-hydrogen) atoms. The van der Waals surface area contributed by atoms with Crippen molar-refractivity contribution < 1.29 is 0 Å². The fourth-order valence-electron chi connectivity index (χ4n) is 2.11. The first-order valence-corrected chi connectivity index (χ1v) is 6.63. The van der Waals surface area contributed by atoms with Gasteiger partial charge in [-0.1, -0.05) is 17.7 Å². The van der Waals surface area contributed by atoms with E-state index < -0.39 is 0 Å². The number of nitrogens with one attached hydrogen (secondary N) is 1. The summed E-state index contributed by atoms with van der Waals surface area (Å²) in [4.78, 5) is 4.11. The van der Waals surface area contributed by atoms with Crippen molar-refractivity contribution in [1.82, 2.24) is 20.2 Å². The minimum atomic E-state index is -0.0346. The maximum atomic E-state index is 6.31. The Morgan fingerprint density at radius 3 is 2.89 bits per heavy atom. The molecule has 2 aromatic heterocycles. The Morgan fingerprint density at radius 1 is 1.53 bits per heavy atom. The van der Waals surface area contributed by atoms with Crippen molar-refractivity contribution >= 4 is 11.6 Å². The summed E-state index contributed by atoms with van der Waals surface area (Å²) in [5, 5.41) is 5.12. The number of halogens is 1. The number of rotatable bonds is 5. The molecule has 2 aromatic rings. The lowest BCUT2D eigenvalue weighted by Crippen LogP contribution is -2.30. The molecule has 0 aliphatic carbocycles. The van der Waals surface area contributed by atoms with Crippen LogP contribution in [0.2, 0.25) is 5.02 Å². The van der Waals surface area contributed by atoms with Crippen LogP contribution in [0, 0.1) is 6.92 Å². The lowest BCUT2D eigenvalue weighted by molar-refractivity contribution is 0.516. The van der Waals surface area contributed by atoms with Gasteiger partial charge in [0.05, 0.1) is 22.5 Å². The number of nitrogens with two attached hydrogens (primary N) is 1. The van der Waals surface area contributed by atoms with E-state index in [9.17, 15) is 0 Å². The molecule has 5 nitrogen and oxygen atoms in total. The van der Waals surface area contributed by atoms with Crippen molar-refractivity contribution in [3.8, 4) is 0 Å². The minimum absolute atomic E-state index is 0.0346. The first-order valence-electron chi connectivity index (χ1n) is 6.25. The molecular formula is C13H18ClN5. The van der Waals surface area contributed by atoms with Gasteiger partial charge in [0, 0.05) is 25.4 Å². The van der Waals surface area contributed by atoms with Crippen LogP contribution in [0.15, 0.2) is 24.5 Å². The third-order valence-electron chi connectivity index (χ3n) is 3.14. The van der Waals surface area contributed by atoms with Crippen LogP contribution in [0.25, 0.3) is 0 Å². The number of hydrogen-bond acceptors (Lipinski definition) is 4. The molecular weight excluding hydrogens is 262 g/mol. The summed E-state index contributed by atoms with van der Waals surface area (Å²) in [6, 6.07) is 3.85. The largest absolute Gasteiger partial charge is 0.271 e. The number of pyridine rings is 1. The monoisotopic (exact) mass is 279 g/mol. The highest BCUT2D eigenvalue weighted by atomic mass is 35.5. The normalized spacial score (nSPS) is 12.6. The predicted molar refractivity (Wildman–Crippen MR) is 75.7 cm³/mol. The molecule has 0 aliphatic heterocycles. The molecule has 0 saturated carbocycles. The van der Waals surface area contributed by atoms with Crippen LogP contribution in [0.3, 0.4) is 0 Å². The lowest BCUT2D eigenvalue weighted by atomic mass is 10.0. The summed E-state index contributed by atoms with van der Waals surface area (Å²) in [6.07, 6.45) is 4.22. The zero-order chi connectivity index (χ0) is 13.8. The number of nitrogens with zero attached hydrogens (tertiary/aromatic N) is 3. The Morgan fingerprint density at radius 2 is 2.32 bits per heavy atom. The van der Waals surface area contributed by atoms with E-state index in [1.54, 1.807) is 12.4 Å². The maximum absolute atomic E-state index is 6.31. The molecule has 0 fully saturated rings. The molecule has 6 heteroatoms. The Bertz CT molecular complexity index is 537. The number of aromatic nitrogens is 3. The number of aryl methyl sites for hydroxylation is 2. The molecule has 3 N–H and O–H groups in total. The first-order chi connectivity index (χ1) is 9.17. The van der Waals surface area contributed by atoms with E-state index in [0.29, 0.717) is 11.4 Å². The molecule has 0 radical (unpaired) electrons. The minimum Gasteiger partial charge on any atom is -0.271 e. The molecule has 102 valence electrons. The highest BCUT2D eigenvalue weighted by molar-refractivity contribution is 6.31. The summed E-state index contributed by atoms with van der Waals surface area (Å²) in [5.74, 6) is 5.65. The van der Waals surface area contributed by atoms with Gasteiger partial charge in [-0.25, -0.2) is 0 Å². The van der Waals surface area contributed by atoms with E-state index in [-0.39, 0.29) is 6.04 Å². The molecule has 0 saturated heterocycles. The SMILES string of the molecule is CCn1nc(C)c(Cl)c1CC(NN)c1cccnc1. The molecule has 0 aromatic carbocycles. The third-order valence-corrected chi connectivity index (χ3v) is 3.63. The van der Waals surface area contributed by atoms with E-state index in [2.05, 4.69) is 15.5 Å². The molecule has 0 spiro atoms. The van der Waals surface area contributed by atoms with E-state index in [0.717, 1.165) is 23.5 Å². The smallest absolute Gasteiger partial charge is 0.0847 e. The summed E-state index contributed by atoms with van der Waals surface area (Å²) in [5.41, 5.74) is 5.69. The van der Waals surface area contributed by atoms with Gasteiger partial charge in [-0.2, -0.15) is 5.10 Å². The number of hydrogen-bond donors (Lipinski definition) is 2. The van der Waals surface area contributed by atoms with Crippen molar-refractivity contribution in [1.29, 1.82) is 0 Å². The van der Waals surface area contributed by atoms with E-state index in [1.807, 2.05) is 30.7 Å². The van der Waals surface area contributed by atoms with Crippen molar-refractivity contribution in [2.75, 3.05) is 0 Å². The summed E-state index contributed by atoms with van der Waals surface area (Å²) >= 11 is 6.31. The summed E-state index contributed by atoms with van der Waals surface area (Å²) in [6.45, 7) is 4.74. The van der Waals surface area contributed by atoms with Gasteiger partial charge in [0.15, 0.2) is 0 Å². The standard InChI is InChI=1S/C13H18ClN5/c1-3-19-12(13(14)9(2)18-19)7-11(17-15)10-5-4-6-16-8-10/h4-6,8,11,17H,3,7,15H2,1-2H3. The van der Waals surface area contributed by atoms with Gasteiger partial charge in [0.25, 0.3) is 0 Å². The molecule has 1 atom stereocenters. The van der Waals surface area contributed by atoms with Gasteiger partial charge in [0.1, 0.15) is 0 Å². The van der Waals surface area contributed by atoms with Crippen LogP contribution in [0.1, 0.15) is 29.9 Å². The second kappa shape index (κ2) is 6.14. The zero-order valence-corrected chi connectivity index (χ0v) is 11.9. The van der Waals surface area contributed by atoms with Crippen LogP contribution in [-0.2, 0) is 13.0 Å². The summed E-state index contributed by atoms with van der Waals surface area (Å²) in [7, 11) is 0. The Balaban J connectivity index is 2.29. The van der Waals surface area contributed by atoms with Gasteiger partial charge in [0.2, 0.25) is 0 Å². The van der Waals surface area contributed by atoms with Crippen molar-refractivity contribution in [2.45, 2.75) is 32.9 Å². The second-order valence-electron chi connectivity index (χ2n) is 4.37. The molecule has 0 bridgehead atoms. The van der Waals surface area contributed by atoms with Crippen molar-refractivity contribution in [3.05, 3.63) is 46.5 Å². The highest BCUT2D eigenvalue weighted by Gasteiger charge is 2.18. The van der Waals surface area contributed by atoms with Crippen LogP contribution >= 0.6 is 11.6 Å². The average Bonchev–Trinajstić information content (AvgIpc) is 2.72. The van der Waals surface area contributed by atoms with Crippen LogP contribution in [-0.4, -0.2) is 14.8 Å². The molecule has 2 heterocycles. The van der Waals surface area contributed by atoms with Crippen LogP contribution < -0.4 is 11.3 Å². The quantitative estimate of drug-likeness (QED) is 0.649. The third kappa shape index (κ3) is 2.94. The lowest BCUT2D eigenvalue weighted by Gasteiger charge is -2.16. The fourth-order valence-corrected chi connectivity index (χ4v) is 2.32. The van der Waals surface area contributed by atoms with Crippen LogP contribution in [0.5, 0.6) is 0 Å². The zero-order valence-electron chi connectivity index (χ0n) is 11.1. The van der Waals surface area contributed by atoms with Gasteiger partial charge in [-0.15, -0.1) is 0 Å². The van der Waals surface area contributed by atoms with E-state index >= 15 is 0 Å². The first kappa shape index (κ1) is 14.0. The molecule has 2 rings (SSSR count). The van der Waals surface area contributed by atoms with Gasteiger partial charge in [-0.05, 0) is 25.5 Å². The van der Waals surface area contributed by atoms with Crippen molar-refractivity contribution in [2.24, 2.45) is 5.84 Å². The van der Waals surface area contributed by atoms with Crippen molar-refractivity contribution in [3.63, 3.8) is 0 Å². The Hall–Kier alpha value is -1.43. The summed E-state index contributed by atoms with van der Waals surface area (Å²) < 4.78 is 1.92. The fraction of sp³-hybridized carbons (Fsp3) is 0.385.